The molecule has 1 N–H and O–H groups in total. The summed E-state index contributed by atoms with van der Waals surface area (Å²) in [5.41, 5.74) is 1.50. The van der Waals surface area contributed by atoms with Crippen molar-refractivity contribution in [3.8, 4) is 6.07 Å². The monoisotopic (exact) mass is 313 g/mol. The normalized spacial score (nSPS) is 11.4. The van der Waals surface area contributed by atoms with Crippen molar-refractivity contribution in [1.29, 1.82) is 5.26 Å². The van der Waals surface area contributed by atoms with Crippen LogP contribution in [0.3, 0.4) is 0 Å². The predicted octanol–water partition coefficient (Wildman–Crippen LogP) is 2.35. The van der Waals surface area contributed by atoms with Gasteiger partial charge in [-0.3, -0.25) is 4.79 Å². The fraction of sp³-hybridized carbons (Fsp3) is 0.250. The van der Waals surface area contributed by atoms with E-state index in [1.165, 1.54) is 13.0 Å². The SMILES string of the molecule is Cc1noc(C)c1C(=O)O[C@H](C)C(=O)Nc1cccc(C#N)c1. The van der Waals surface area contributed by atoms with Gasteiger partial charge in [0.25, 0.3) is 5.91 Å². The first kappa shape index (κ1) is 16.2. The molecule has 0 fully saturated rings. The van der Waals surface area contributed by atoms with Crippen LogP contribution in [-0.4, -0.2) is 23.1 Å². The number of nitrogens with one attached hydrogen (secondary N) is 1. The fourth-order valence-corrected chi connectivity index (χ4v) is 1.96. The molecule has 0 bridgehead atoms. The number of aromatic nitrogens is 1. The molecule has 2 aromatic rings. The van der Waals surface area contributed by atoms with Crippen LogP contribution in [0.15, 0.2) is 28.8 Å². The topological polar surface area (TPSA) is 105 Å². The molecule has 1 aromatic heterocycles. The fourth-order valence-electron chi connectivity index (χ4n) is 1.96. The van der Waals surface area contributed by atoms with Crippen molar-refractivity contribution in [1.82, 2.24) is 5.16 Å². The Hall–Kier alpha value is -3.14. The zero-order valence-corrected chi connectivity index (χ0v) is 12.9. The highest BCUT2D eigenvalue weighted by molar-refractivity contribution is 5.98. The number of hydrogen-bond donors (Lipinski definition) is 1. The third-order valence-electron chi connectivity index (χ3n) is 3.15. The summed E-state index contributed by atoms with van der Waals surface area (Å²) in [4.78, 5) is 24.1. The van der Waals surface area contributed by atoms with Gasteiger partial charge >= 0.3 is 5.97 Å². The molecule has 23 heavy (non-hydrogen) atoms. The first-order chi connectivity index (χ1) is 10.9. The van der Waals surface area contributed by atoms with Crippen LogP contribution in [0, 0.1) is 25.2 Å². The maximum absolute atomic E-state index is 12.1. The smallest absolute Gasteiger partial charge is 0.344 e. The average Bonchev–Trinajstić information content (AvgIpc) is 2.86. The summed E-state index contributed by atoms with van der Waals surface area (Å²) in [5.74, 6) is -0.836. The molecule has 1 amide bonds. The molecular formula is C16H15N3O4. The summed E-state index contributed by atoms with van der Waals surface area (Å²) < 4.78 is 10.0. The van der Waals surface area contributed by atoms with E-state index in [9.17, 15) is 9.59 Å². The van der Waals surface area contributed by atoms with E-state index in [0.717, 1.165) is 0 Å². The first-order valence-electron chi connectivity index (χ1n) is 6.87. The highest BCUT2D eigenvalue weighted by Gasteiger charge is 2.24. The second kappa shape index (κ2) is 6.75. The Balaban J connectivity index is 2.03. The molecule has 0 saturated heterocycles. The number of carbonyl (C=O) groups is 2. The number of benzene rings is 1. The molecule has 118 valence electrons. The average molecular weight is 313 g/mol. The van der Waals surface area contributed by atoms with E-state index in [4.69, 9.17) is 14.5 Å². The molecule has 0 aliphatic rings. The van der Waals surface area contributed by atoms with Crippen molar-refractivity contribution >= 4 is 17.6 Å². The lowest BCUT2D eigenvalue weighted by atomic mass is 10.2. The molecular weight excluding hydrogens is 298 g/mol. The lowest BCUT2D eigenvalue weighted by Gasteiger charge is -2.13. The minimum Gasteiger partial charge on any atom is -0.449 e. The van der Waals surface area contributed by atoms with E-state index < -0.39 is 18.0 Å². The van der Waals surface area contributed by atoms with E-state index in [1.807, 2.05) is 6.07 Å². The summed E-state index contributed by atoms with van der Waals surface area (Å²) in [6, 6.07) is 8.42. The molecule has 7 nitrogen and oxygen atoms in total. The Morgan fingerprint density at radius 3 is 2.74 bits per heavy atom. The summed E-state index contributed by atoms with van der Waals surface area (Å²) in [5, 5.41) is 15.1. The van der Waals surface area contributed by atoms with Crippen molar-refractivity contribution in [3.63, 3.8) is 0 Å². The zero-order valence-electron chi connectivity index (χ0n) is 12.9. The number of ether oxygens (including phenoxy) is 1. The van der Waals surface area contributed by atoms with Crippen molar-refractivity contribution in [2.75, 3.05) is 5.32 Å². The van der Waals surface area contributed by atoms with Gasteiger partial charge < -0.3 is 14.6 Å². The molecule has 0 aliphatic carbocycles. The Kier molecular flexibility index (Phi) is 4.76. The Morgan fingerprint density at radius 2 is 2.13 bits per heavy atom. The molecule has 7 heteroatoms. The third kappa shape index (κ3) is 3.74. The number of nitriles is 1. The number of amides is 1. The van der Waals surface area contributed by atoms with Gasteiger partial charge in [-0.25, -0.2) is 4.79 Å². The van der Waals surface area contributed by atoms with Gasteiger partial charge in [-0.1, -0.05) is 11.2 Å². The number of rotatable bonds is 4. The van der Waals surface area contributed by atoms with Gasteiger partial charge in [-0.05, 0) is 39.0 Å². The van der Waals surface area contributed by atoms with Crippen molar-refractivity contribution in [3.05, 3.63) is 46.8 Å². The van der Waals surface area contributed by atoms with E-state index in [0.29, 0.717) is 22.7 Å². The van der Waals surface area contributed by atoms with E-state index in [2.05, 4.69) is 10.5 Å². The lowest BCUT2D eigenvalue weighted by molar-refractivity contribution is -0.123. The van der Waals surface area contributed by atoms with Crippen LogP contribution in [0.1, 0.15) is 34.3 Å². The quantitative estimate of drug-likeness (QED) is 0.869. The molecule has 1 aromatic carbocycles. The second-order valence-electron chi connectivity index (χ2n) is 4.93. The minimum atomic E-state index is -1.01. The summed E-state index contributed by atoms with van der Waals surface area (Å²) in [6.45, 7) is 4.67. The van der Waals surface area contributed by atoms with Crippen molar-refractivity contribution in [2.45, 2.75) is 26.9 Å². The molecule has 0 radical (unpaired) electrons. The zero-order chi connectivity index (χ0) is 17.0. The van der Waals surface area contributed by atoms with E-state index in [-0.39, 0.29) is 5.56 Å². The van der Waals surface area contributed by atoms with Crippen LogP contribution >= 0.6 is 0 Å². The Labute approximate surface area is 132 Å². The van der Waals surface area contributed by atoms with Crippen LogP contribution in [0.4, 0.5) is 5.69 Å². The molecule has 0 unspecified atom stereocenters. The van der Waals surface area contributed by atoms with Crippen molar-refractivity contribution in [2.24, 2.45) is 0 Å². The van der Waals surface area contributed by atoms with Gasteiger partial charge in [-0.15, -0.1) is 0 Å². The number of anilines is 1. The van der Waals surface area contributed by atoms with Crippen LogP contribution in [0.5, 0.6) is 0 Å². The number of esters is 1. The van der Waals surface area contributed by atoms with E-state index >= 15 is 0 Å². The summed E-state index contributed by atoms with van der Waals surface area (Å²) in [6.07, 6.45) is -1.01. The first-order valence-corrected chi connectivity index (χ1v) is 6.87. The summed E-state index contributed by atoms with van der Waals surface area (Å²) >= 11 is 0. The van der Waals surface area contributed by atoms with Gasteiger partial charge in [0.2, 0.25) is 0 Å². The van der Waals surface area contributed by atoms with Crippen LogP contribution in [0.25, 0.3) is 0 Å². The van der Waals surface area contributed by atoms with Gasteiger partial charge in [0.1, 0.15) is 11.3 Å². The van der Waals surface area contributed by atoms with Crippen molar-refractivity contribution < 1.29 is 18.8 Å². The van der Waals surface area contributed by atoms with Gasteiger partial charge in [0.15, 0.2) is 6.10 Å². The Bertz CT molecular complexity index is 769. The molecule has 2 rings (SSSR count). The third-order valence-corrected chi connectivity index (χ3v) is 3.15. The highest BCUT2D eigenvalue weighted by atomic mass is 16.5. The molecule has 1 atom stereocenters. The van der Waals surface area contributed by atoms with Crippen LogP contribution < -0.4 is 5.32 Å². The van der Waals surface area contributed by atoms with Gasteiger partial charge in [-0.2, -0.15) is 5.26 Å². The molecule has 0 spiro atoms. The van der Waals surface area contributed by atoms with Gasteiger partial charge in [0.05, 0.1) is 17.3 Å². The van der Waals surface area contributed by atoms with Crippen LogP contribution in [-0.2, 0) is 9.53 Å². The molecule has 0 saturated carbocycles. The van der Waals surface area contributed by atoms with Gasteiger partial charge in [0, 0.05) is 5.69 Å². The molecule has 0 aliphatic heterocycles. The largest absolute Gasteiger partial charge is 0.449 e. The number of nitrogens with zero attached hydrogens (tertiary/aromatic N) is 2. The number of aryl methyl sites for hydroxylation is 2. The number of hydrogen-bond acceptors (Lipinski definition) is 6. The maximum Gasteiger partial charge on any atom is 0.344 e. The minimum absolute atomic E-state index is 0.219. The standard InChI is InChI=1S/C16H15N3O4/c1-9-14(10(2)23-19-9)16(21)22-11(3)15(20)18-13-6-4-5-12(7-13)8-17/h4-7,11H,1-3H3,(H,18,20)/t11-/m1/s1. The number of carbonyl (C=O) groups excluding carboxylic acids is 2. The second-order valence-corrected chi connectivity index (χ2v) is 4.93. The Morgan fingerprint density at radius 1 is 1.39 bits per heavy atom. The summed E-state index contributed by atoms with van der Waals surface area (Å²) in [7, 11) is 0. The van der Waals surface area contributed by atoms with E-state index in [1.54, 1.807) is 32.0 Å². The maximum atomic E-state index is 12.1. The predicted molar refractivity (Wildman–Crippen MR) is 80.6 cm³/mol. The highest BCUT2D eigenvalue weighted by Crippen LogP contribution is 2.15. The molecule has 1 heterocycles. The lowest BCUT2D eigenvalue weighted by Crippen LogP contribution is -2.30. The van der Waals surface area contributed by atoms with Crippen LogP contribution in [0.2, 0.25) is 0 Å².